The zero-order valence-electron chi connectivity index (χ0n) is 7.99. The molecule has 0 radical (unpaired) electrons. The molecule has 0 spiro atoms. The number of anilines is 1. The van der Waals surface area contributed by atoms with Crippen molar-refractivity contribution in [1.29, 1.82) is 0 Å². The van der Waals surface area contributed by atoms with Crippen LogP contribution in [0.3, 0.4) is 0 Å². The summed E-state index contributed by atoms with van der Waals surface area (Å²) in [5.74, 6) is 0.539. The number of nitrogens with zero attached hydrogens (tertiary/aromatic N) is 2. The number of nitrogens with two attached hydrogens (primary N) is 1. The molecule has 1 aromatic rings. The molecule has 2 heterocycles. The molecule has 1 fully saturated rings. The average molecular weight is 195 g/mol. The van der Waals surface area contributed by atoms with Gasteiger partial charge >= 0.3 is 0 Å². The van der Waals surface area contributed by atoms with Gasteiger partial charge in [-0.15, -0.1) is 0 Å². The highest BCUT2D eigenvalue weighted by atomic mass is 19.1. The van der Waals surface area contributed by atoms with Crippen LogP contribution in [0.2, 0.25) is 0 Å². The maximum absolute atomic E-state index is 12.6. The zero-order chi connectivity index (χ0) is 9.97. The van der Waals surface area contributed by atoms with Gasteiger partial charge in [0.25, 0.3) is 0 Å². The van der Waals surface area contributed by atoms with Gasteiger partial charge in [0.2, 0.25) is 0 Å². The van der Waals surface area contributed by atoms with Gasteiger partial charge in [-0.2, -0.15) is 0 Å². The van der Waals surface area contributed by atoms with Crippen LogP contribution < -0.4 is 10.6 Å². The van der Waals surface area contributed by atoms with Crippen LogP contribution in [-0.2, 0) is 0 Å². The Kier molecular flexibility index (Phi) is 2.63. The number of hydrogen-bond donors (Lipinski definition) is 1. The van der Waals surface area contributed by atoms with Crippen molar-refractivity contribution in [1.82, 2.24) is 4.98 Å². The van der Waals surface area contributed by atoms with Crippen molar-refractivity contribution in [3.8, 4) is 0 Å². The van der Waals surface area contributed by atoms with Gasteiger partial charge in [0.15, 0.2) is 0 Å². The Morgan fingerprint density at radius 2 is 2.43 bits per heavy atom. The first-order valence-corrected chi connectivity index (χ1v) is 4.89. The van der Waals surface area contributed by atoms with Crippen LogP contribution in [0.25, 0.3) is 0 Å². The molecule has 0 saturated carbocycles. The van der Waals surface area contributed by atoms with Gasteiger partial charge in [0, 0.05) is 19.1 Å². The molecule has 4 heteroatoms. The fourth-order valence-corrected chi connectivity index (χ4v) is 1.92. The molecular weight excluding hydrogens is 181 g/mol. The molecule has 0 amide bonds. The van der Waals surface area contributed by atoms with Gasteiger partial charge in [-0.25, -0.2) is 9.37 Å². The van der Waals surface area contributed by atoms with E-state index in [9.17, 15) is 4.39 Å². The van der Waals surface area contributed by atoms with E-state index in [1.165, 1.54) is 12.3 Å². The Bertz CT molecular complexity index is 299. The van der Waals surface area contributed by atoms with Crippen molar-refractivity contribution in [3.63, 3.8) is 0 Å². The van der Waals surface area contributed by atoms with E-state index in [1.807, 2.05) is 0 Å². The monoisotopic (exact) mass is 195 g/mol. The van der Waals surface area contributed by atoms with Gasteiger partial charge in [-0.3, -0.25) is 0 Å². The molecule has 1 aliphatic rings. The average Bonchev–Trinajstić information content (AvgIpc) is 2.67. The zero-order valence-corrected chi connectivity index (χ0v) is 7.99. The summed E-state index contributed by atoms with van der Waals surface area (Å²) in [6.45, 7) is 1.61. The summed E-state index contributed by atoms with van der Waals surface area (Å²) < 4.78 is 12.6. The van der Waals surface area contributed by atoms with E-state index < -0.39 is 0 Å². The van der Waals surface area contributed by atoms with Gasteiger partial charge < -0.3 is 10.6 Å². The molecule has 1 atom stereocenters. The van der Waals surface area contributed by atoms with Crippen molar-refractivity contribution in [2.24, 2.45) is 5.73 Å². The molecule has 1 saturated heterocycles. The minimum Gasteiger partial charge on any atom is -0.352 e. The number of pyridine rings is 1. The Hall–Kier alpha value is -1.16. The molecular formula is C10H14FN3. The number of halogens is 1. The fourth-order valence-electron chi connectivity index (χ4n) is 1.92. The second-order valence-corrected chi connectivity index (χ2v) is 3.56. The summed E-state index contributed by atoms with van der Waals surface area (Å²) in [6.07, 6.45) is 3.50. The molecule has 14 heavy (non-hydrogen) atoms. The van der Waals surface area contributed by atoms with Crippen molar-refractivity contribution in [2.45, 2.75) is 18.9 Å². The van der Waals surface area contributed by atoms with Crippen molar-refractivity contribution >= 4 is 5.82 Å². The lowest BCUT2D eigenvalue weighted by Crippen LogP contribution is -2.35. The van der Waals surface area contributed by atoms with Crippen LogP contribution in [0.5, 0.6) is 0 Å². The normalized spacial score (nSPS) is 21.6. The molecule has 0 aromatic carbocycles. The van der Waals surface area contributed by atoms with Crippen LogP contribution in [0.4, 0.5) is 10.2 Å². The molecule has 0 aliphatic carbocycles. The van der Waals surface area contributed by atoms with Gasteiger partial charge in [-0.05, 0) is 25.0 Å². The first-order valence-electron chi connectivity index (χ1n) is 4.89. The van der Waals surface area contributed by atoms with Crippen LogP contribution in [0.15, 0.2) is 18.3 Å². The fraction of sp³-hybridized carbons (Fsp3) is 0.500. The highest BCUT2D eigenvalue weighted by molar-refractivity contribution is 5.40. The molecule has 2 rings (SSSR count). The van der Waals surface area contributed by atoms with E-state index in [0.29, 0.717) is 12.6 Å². The van der Waals surface area contributed by atoms with Gasteiger partial charge in [-0.1, -0.05) is 0 Å². The molecule has 0 unspecified atom stereocenters. The summed E-state index contributed by atoms with van der Waals surface area (Å²) >= 11 is 0. The van der Waals surface area contributed by atoms with Crippen LogP contribution in [-0.4, -0.2) is 24.1 Å². The van der Waals surface area contributed by atoms with Gasteiger partial charge in [0.05, 0.1) is 6.20 Å². The predicted octanol–water partition coefficient (Wildman–Crippen LogP) is 1.15. The predicted molar refractivity (Wildman–Crippen MR) is 53.6 cm³/mol. The largest absolute Gasteiger partial charge is 0.352 e. The van der Waals surface area contributed by atoms with Crippen LogP contribution in [0, 0.1) is 5.82 Å². The number of rotatable bonds is 2. The van der Waals surface area contributed by atoms with Crippen molar-refractivity contribution < 1.29 is 4.39 Å². The summed E-state index contributed by atoms with van der Waals surface area (Å²) in [7, 11) is 0. The Morgan fingerprint density at radius 3 is 3.07 bits per heavy atom. The van der Waals surface area contributed by atoms with Crippen LogP contribution in [0.1, 0.15) is 12.8 Å². The summed E-state index contributed by atoms with van der Waals surface area (Å²) in [6, 6.07) is 3.52. The third kappa shape index (κ3) is 1.70. The van der Waals surface area contributed by atoms with E-state index in [0.717, 1.165) is 25.2 Å². The quantitative estimate of drug-likeness (QED) is 0.769. The number of aromatic nitrogens is 1. The smallest absolute Gasteiger partial charge is 0.141 e. The molecule has 1 aliphatic heterocycles. The highest BCUT2D eigenvalue weighted by Gasteiger charge is 2.23. The molecule has 2 N–H and O–H groups in total. The first kappa shape index (κ1) is 9.40. The molecule has 76 valence electrons. The molecule has 0 bridgehead atoms. The second kappa shape index (κ2) is 3.92. The third-order valence-electron chi connectivity index (χ3n) is 2.66. The summed E-state index contributed by atoms with van der Waals surface area (Å²) in [5.41, 5.74) is 5.65. The third-order valence-corrected chi connectivity index (χ3v) is 2.66. The van der Waals surface area contributed by atoms with E-state index in [1.54, 1.807) is 6.07 Å². The minimum atomic E-state index is -0.294. The lowest BCUT2D eigenvalue weighted by Gasteiger charge is -2.24. The van der Waals surface area contributed by atoms with E-state index in [-0.39, 0.29) is 5.82 Å². The summed E-state index contributed by atoms with van der Waals surface area (Å²) in [5, 5.41) is 0. The number of hydrogen-bond acceptors (Lipinski definition) is 3. The van der Waals surface area contributed by atoms with Gasteiger partial charge in [0.1, 0.15) is 11.6 Å². The summed E-state index contributed by atoms with van der Waals surface area (Å²) in [4.78, 5) is 6.21. The minimum absolute atomic E-state index is 0.294. The maximum atomic E-state index is 12.6. The van der Waals surface area contributed by atoms with Crippen LogP contribution >= 0.6 is 0 Å². The maximum Gasteiger partial charge on any atom is 0.141 e. The Morgan fingerprint density at radius 1 is 1.57 bits per heavy atom. The Balaban J connectivity index is 2.17. The topological polar surface area (TPSA) is 42.1 Å². The lowest BCUT2D eigenvalue weighted by molar-refractivity contribution is 0.618. The highest BCUT2D eigenvalue weighted by Crippen LogP contribution is 2.22. The van der Waals surface area contributed by atoms with E-state index in [4.69, 9.17) is 5.73 Å². The SMILES string of the molecule is NC[C@H]1CCCN1c1ccc(F)cn1. The molecule has 3 nitrogen and oxygen atoms in total. The molecule has 1 aromatic heterocycles. The second-order valence-electron chi connectivity index (χ2n) is 3.56. The first-order chi connectivity index (χ1) is 6.81. The van der Waals surface area contributed by atoms with E-state index >= 15 is 0 Å². The standard InChI is InChI=1S/C10H14FN3/c11-8-3-4-10(13-7-8)14-5-1-2-9(14)6-12/h3-4,7,9H,1-2,5-6,12H2/t9-/m1/s1. The van der Waals surface area contributed by atoms with Crippen molar-refractivity contribution in [3.05, 3.63) is 24.1 Å². The van der Waals surface area contributed by atoms with E-state index in [2.05, 4.69) is 9.88 Å². The Labute approximate surface area is 82.7 Å². The lowest BCUT2D eigenvalue weighted by atomic mass is 10.2. The van der Waals surface area contributed by atoms with Crippen molar-refractivity contribution in [2.75, 3.05) is 18.0 Å².